The van der Waals surface area contributed by atoms with Crippen molar-refractivity contribution in [1.82, 2.24) is 0 Å². The Morgan fingerprint density at radius 2 is 1.54 bits per heavy atom. The number of hydrogen-bond acceptors (Lipinski definition) is 6. The zero-order valence-electron chi connectivity index (χ0n) is 20.3. The Bertz CT molecular complexity index is 817. The Morgan fingerprint density at radius 3 is 2.09 bits per heavy atom. The fourth-order valence-corrected chi connectivity index (χ4v) is 4.15. The van der Waals surface area contributed by atoms with Gasteiger partial charge >= 0.3 is 20.2 Å². The maximum Gasteiger partial charge on any atom is 0.573 e. The predicted molar refractivity (Wildman–Crippen MR) is 122 cm³/mol. The van der Waals surface area contributed by atoms with Gasteiger partial charge in [-0.1, -0.05) is 37.8 Å². The minimum absolute atomic E-state index is 0.00293. The van der Waals surface area contributed by atoms with Gasteiger partial charge in [-0.25, -0.2) is 4.57 Å². The number of phosphoric ester groups is 1. The molecule has 0 radical (unpaired) electrons. The van der Waals surface area contributed by atoms with Gasteiger partial charge in [0.1, 0.15) is 12.6 Å². The van der Waals surface area contributed by atoms with E-state index < -0.39 is 32.7 Å². The highest BCUT2D eigenvalue weighted by Crippen LogP contribution is 2.45. The number of carbonyl (C=O) groups is 1. The van der Waals surface area contributed by atoms with Crippen molar-refractivity contribution >= 4 is 13.8 Å². The summed E-state index contributed by atoms with van der Waals surface area (Å²) in [5.41, 5.74) is 0. The van der Waals surface area contributed by atoms with E-state index in [1.807, 2.05) is 21.1 Å². The maximum absolute atomic E-state index is 12.4. The second-order valence-electron chi connectivity index (χ2n) is 9.06. The fraction of sp³-hybridized carbons (Fsp3) is 0.682. The molecule has 0 fully saturated rings. The highest BCUT2D eigenvalue weighted by molar-refractivity contribution is 7.47. The highest BCUT2D eigenvalue weighted by Gasteiger charge is 2.33. The van der Waals surface area contributed by atoms with Crippen molar-refractivity contribution in [3.05, 3.63) is 24.3 Å². The van der Waals surface area contributed by atoms with Crippen molar-refractivity contribution in [2.75, 3.05) is 40.9 Å². The lowest BCUT2D eigenvalue weighted by atomic mass is 10.1. The number of phosphoric acid groups is 1. The third-order valence-corrected chi connectivity index (χ3v) is 5.63. The molecule has 2 N–H and O–H groups in total. The van der Waals surface area contributed by atoms with E-state index in [1.165, 1.54) is 18.2 Å². The first-order chi connectivity index (χ1) is 16.2. The maximum atomic E-state index is 12.4. The Kier molecular flexibility index (Phi) is 13.0. The third kappa shape index (κ3) is 16.4. The average Bonchev–Trinajstić information content (AvgIpc) is 2.67. The SMILES string of the molecule is C[N+](C)(C)CC(CC(=O)O)OP(=O)(O)OCCCCCCCCOc1ccccc1OC(F)(F)F. The van der Waals surface area contributed by atoms with Gasteiger partial charge < -0.3 is 24.0 Å². The molecule has 0 aliphatic rings. The summed E-state index contributed by atoms with van der Waals surface area (Å²) in [4.78, 5) is 20.9. The molecule has 0 aromatic heterocycles. The molecule has 1 aromatic carbocycles. The molecule has 0 heterocycles. The number of halogens is 3. The topological polar surface area (TPSA) is 112 Å². The number of carboxylic acids is 1. The van der Waals surface area contributed by atoms with Crippen molar-refractivity contribution in [2.24, 2.45) is 0 Å². The molecule has 1 rings (SSSR count). The van der Waals surface area contributed by atoms with Crippen LogP contribution < -0.4 is 9.47 Å². The molecule has 0 amide bonds. The molecule has 0 saturated carbocycles. The number of nitrogens with zero attached hydrogens (tertiary/aromatic N) is 1. The summed E-state index contributed by atoms with van der Waals surface area (Å²) in [6.45, 7) is 0.471. The summed E-state index contributed by atoms with van der Waals surface area (Å²) in [6.07, 6.45) is -1.78. The Labute approximate surface area is 203 Å². The van der Waals surface area contributed by atoms with Gasteiger partial charge in [-0.15, -0.1) is 13.2 Å². The van der Waals surface area contributed by atoms with E-state index in [4.69, 9.17) is 18.9 Å². The standard InChI is InChI=1S/C22H35F3NO8P/c1-26(2,3)17-18(16-21(27)28)34-35(29,30)32-15-11-7-5-4-6-10-14-31-19-12-8-9-13-20(19)33-22(23,24)25/h8-9,12-13,18H,4-7,10-11,14-17H2,1-3H3,(H-,27,28,29,30)/p+1. The first-order valence-electron chi connectivity index (χ1n) is 11.3. The number of rotatable bonds is 18. The van der Waals surface area contributed by atoms with Gasteiger partial charge in [0, 0.05) is 0 Å². The monoisotopic (exact) mass is 530 g/mol. The Morgan fingerprint density at radius 1 is 1.00 bits per heavy atom. The third-order valence-electron chi connectivity index (χ3n) is 4.56. The lowest BCUT2D eigenvalue weighted by Crippen LogP contribution is -2.42. The van der Waals surface area contributed by atoms with Gasteiger partial charge in [-0.3, -0.25) is 13.8 Å². The van der Waals surface area contributed by atoms with Gasteiger partial charge in [0.05, 0.1) is 40.8 Å². The number of aliphatic carboxylic acids is 1. The van der Waals surface area contributed by atoms with Crippen LogP contribution in [0, 0.1) is 0 Å². The predicted octanol–water partition coefficient (Wildman–Crippen LogP) is 4.99. The molecule has 1 aromatic rings. The molecule has 0 saturated heterocycles. The van der Waals surface area contributed by atoms with Crippen LogP contribution in [-0.4, -0.2) is 73.8 Å². The molecule has 0 aliphatic heterocycles. The number of ether oxygens (including phenoxy) is 2. The molecule has 9 nitrogen and oxygen atoms in total. The van der Waals surface area contributed by atoms with E-state index in [0.717, 1.165) is 25.7 Å². The average molecular weight is 530 g/mol. The van der Waals surface area contributed by atoms with Gasteiger partial charge in [-0.2, -0.15) is 0 Å². The van der Waals surface area contributed by atoms with Crippen LogP contribution >= 0.6 is 7.82 Å². The fourth-order valence-electron chi connectivity index (χ4n) is 3.21. The van der Waals surface area contributed by atoms with Crippen LogP contribution in [0.3, 0.4) is 0 Å². The van der Waals surface area contributed by atoms with Crippen LogP contribution in [0.5, 0.6) is 11.5 Å². The number of carboxylic acid groups (broad SMARTS) is 1. The number of quaternary nitrogens is 1. The van der Waals surface area contributed by atoms with E-state index >= 15 is 0 Å². The van der Waals surface area contributed by atoms with E-state index in [-0.39, 0.29) is 31.3 Å². The normalized spacial score (nSPS) is 14.8. The summed E-state index contributed by atoms with van der Waals surface area (Å²) in [6, 6.07) is 5.60. The van der Waals surface area contributed by atoms with Crippen LogP contribution in [0.2, 0.25) is 0 Å². The van der Waals surface area contributed by atoms with Gasteiger partial charge in [0.2, 0.25) is 0 Å². The van der Waals surface area contributed by atoms with Crippen LogP contribution in [0.1, 0.15) is 44.9 Å². The molecule has 0 spiro atoms. The molecule has 13 heteroatoms. The van der Waals surface area contributed by atoms with Gasteiger partial charge in [0.15, 0.2) is 11.5 Å². The van der Waals surface area contributed by atoms with Crippen LogP contribution in [0.4, 0.5) is 13.2 Å². The van der Waals surface area contributed by atoms with Crippen molar-refractivity contribution in [3.63, 3.8) is 0 Å². The van der Waals surface area contributed by atoms with Crippen LogP contribution in [0.15, 0.2) is 24.3 Å². The minimum Gasteiger partial charge on any atom is -0.490 e. The molecular weight excluding hydrogens is 494 g/mol. The second-order valence-corrected chi connectivity index (χ2v) is 10.5. The summed E-state index contributed by atoms with van der Waals surface area (Å²) < 4.78 is 69.1. The zero-order chi connectivity index (χ0) is 26.5. The first-order valence-corrected chi connectivity index (χ1v) is 12.8. The summed E-state index contributed by atoms with van der Waals surface area (Å²) in [5.74, 6) is -1.48. The molecule has 35 heavy (non-hydrogen) atoms. The lowest BCUT2D eigenvalue weighted by Gasteiger charge is -2.29. The number of benzene rings is 1. The number of likely N-dealkylation sites (N-methyl/N-ethyl adjacent to an activating group) is 1. The van der Waals surface area contributed by atoms with E-state index in [9.17, 15) is 27.4 Å². The highest BCUT2D eigenvalue weighted by atomic mass is 31.2. The molecule has 2 unspecified atom stereocenters. The number of alkyl halides is 3. The van der Waals surface area contributed by atoms with E-state index in [1.54, 1.807) is 6.07 Å². The largest absolute Gasteiger partial charge is 0.573 e. The van der Waals surface area contributed by atoms with Crippen molar-refractivity contribution in [1.29, 1.82) is 0 Å². The quantitative estimate of drug-likeness (QED) is 0.155. The number of unbranched alkanes of at least 4 members (excludes halogenated alkanes) is 5. The zero-order valence-corrected chi connectivity index (χ0v) is 21.2. The molecular formula is C22H36F3NO8P+. The van der Waals surface area contributed by atoms with Gasteiger partial charge in [-0.05, 0) is 25.0 Å². The van der Waals surface area contributed by atoms with E-state index in [2.05, 4.69) is 4.74 Å². The molecule has 0 aliphatic carbocycles. The summed E-state index contributed by atoms with van der Waals surface area (Å²) in [5, 5.41) is 8.99. The molecule has 2 atom stereocenters. The second kappa shape index (κ2) is 14.6. The first kappa shape index (κ1) is 31.2. The molecule has 202 valence electrons. The van der Waals surface area contributed by atoms with Crippen LogP contribution in [-0.2, 0) is 18.4 Å². The molecule has 0 bridgehead atoms. The minimum atomic E-state index is -4.79. The smallest absolute Gasteiger partial charge is 0.490 e. The summed E-state index contributed by atoms with van der Waals surface area (Å²) >= 11 is 0. The van der Waals surface area contributed by atoms with Crippen LogP contribution in [0.25, 0.3) is 0 Å². The Balaban J connectivity index is 2.20. The number of para-hydroxylation sites is 2. The van der Waals surface area contributed by atoms with Crippen molar-refractivity contribution in [3.8, 4) is 11.5 Å². The van der Waals surface area contributed by atoms with Crippen molar-refractivity contribution < 1.29 is 55.5 Å². The van der Waals surface area contributed by atoms with Gasteiger partial charge in [0.25, 0.3) is 0 Å². The van der Waals surface area contributed by atoms with E-state index in [0.29, 0.717) is 17.3 Å². The lowest BCUT2D eigenvalue weighted by molar-refractivity contribution is -0.873. The Hall–Kier alpha value is -1.85. The number of hydrogen-bond donors (Lipinski definition) is 2. The summed E-state index contributed by atoms with van der Waals surface area (Å²) in [7, 11) is 1.06. The van der Waals surface area contributed by atoms with Crippen molar-refractivity contribution in [2.45, 2.75) is 57.4 Å².